The van der Waals surface area contributed by atoms with E-state index in [2.05, 4.69) is 4.72 Å². The van der Waals surface area contributed by atoms with Gasteiger partial charge in [-0.3, -0.25) is 4.72 Å². The van der Waals surface area contributed by atoms with Crippen LogP contribution in [-0.4, -0.2) is 38.0 Å². The van der Waals surface area contributed by atoms with E-state index in [-0.39, 0.29) is 19.1 Å². The predicted molar refractivity (Wildman–Crippen MR) is 77.4 cm³/mol. The summed E-state index contributed by atoms with van der Waals surface area (Å²) < 4.78 is 28.0. The highest BCUT2D eigenvalue weighted by Gasteiger charge is 2.18. The molecule has 1 aromatic rings. The molecular formula is C13H22N2O3S. The summed E-state index contributed by atoms with van der Waals surface area (Å²) in [4.78, 5) is 0. The van der Waals surface area contributed by atoms with Gasteiger partial charge < -0.3 is 5.11 Å². The fraction of sp³-hybridized carbons (Fsp3) is 0.538. The molecule has 0 aliphatic rings. The summed E-state index contributed by atoms with van der Waals surface area (Å²) in [6.07, 6.45) is 0.420. The lowest BCUT2D eigenvalue weighted by molar-refractivity contribution is 0.276. The molecule has 5 nitrogen and oxygen atoms in total. The standard InChI is InChI=1S/C13H22N2O3S/c1-11(2)12-7-4-5-8-13(12)14-19(17,18)15(3)9-6-10-16/h4-5,7-8,11,14,16H,6,9-10H2,1-3H3. The van der Waals surface area contributed by atoms with E-state index in [0.29, 0.717) is 12.1 Å². The van der Waals surface area contributed by atoms with Crippen LogP contribution in [0.5, 0.6) is 0 Å². The topological polar surface area (TPSA) is 69.6 Å². The van der Waals surface area contributed by atoms with Gasteiger partial charge in [-0.1, -0.05) is 32.0 Å². The lowest BCUT2D eigenvalue weighted by Gasteiger charge is -2.20. The van der Waals surface area contributed by atoms with Crippen molar-refractivity contribution in [2.24, 2.45) is 0 Å². The summed E-state index contributed by atoms with van der Waals surface area (Å²) in [5.74, 6) is 0.238. The Morgan fingerprint density at radius 3 is 2.53 bits per heavy atom. The molecule has 0 radical (unpaired) electrons. The molecule has 0 aliphatic heterocycles. The molecule has 0 heterocycles. The molecule has 0 spiro atoms. The number of anilines is 1. The third-order valence-electron chi connectivity index (χ3n) is 2.86. The average molecular weight is 286 g/mol. The van der Waals surface area contributed by atoms with Crippen LogP contribution >= 0.6 is 0 Å². The van der Waals surface area contributed by atoms with Gasteiger partial charge in [0.05, 0.1) is 5.69 Å². The van der Waals surface area contributed by atoms with Crippen molar-refractivity contribution in [2.45, 2.75) is 26.2 Å². The molecule has 0 fully saturated rings. The van der Waals surface area contributed by atoms with Crippen molar-refractivity contribution in [3.8, 4) is 0 Å². The largest absolute Gasteiger partial charge is 0.396 e. The Labute approximate surface area is 115 Å². The first-order valence-corrected chi connectivity index (χ1v) is 7.76. The molecule has 0 saturated heterocycles. The quantitative estimate of drug-likeness (QED) is 0.802. The van der Waals surface area contributed by atoms with Crippen LogP contribution in [-0.2, 0) is 10.2 Å². The maximum absolute atomic E-state index is 12.1. The molecule has 0 amide bonds. The zero-order valence-electron chi connectivity index (χ0n) is 11.6. The van der Waals surface area contributed by atoms with E-state index >= 15 is 0 Å². The van der Waals surface area contributed by atoms with Gasteiger partial charge in [-0.25, -0.2) is 0 Å². The molecule has 0 atom stereocenters. The Hall–Kier alpha value is -1.11. The van der Waals surface area contributed by atoms with Crippen molar-refractivity contribution in [1.82, 2.24) is 4.31 Å². The van der Waals surface area contributed by atoms with Gasteiger partial charge in [0.15, 0.2) is 0 Å². The maximum Gasteiger partial charge on any atom is 0.301 e. The minimum absolute atomic E-state index is 0.0254. The van der Waals surface area contributed by atoms with Crippen molar-refractivity contribution < 1.29 is 13.5 Å². The van der Waals surface area contributed by atoms with Gasteiger partial charge in [-0.15, -0.1) is 0 Å². The molecule has 0 bridgehead atoms. The molecule has 2 N–H and O–H groups in total. The van der Waals surface area contributed by atoms with Crippen LogP contribution < -0.4 is 4.72 Å². The number of aliphatic hydroxyl groups excluding tert-OH is 1. The van der Waals surface area contributed by atoms with Crippen LogP contribution in [0, 0.1) is 0 Å². The maximum atomic E-state index is 12.1. The number of benzene rings is 1. The van der Waals surface area contributed by atoms with E-state index in [9.17, 15) is 8.42 Å². The highest BCUT2D eigenvalue weighted by Crippen LogP contribution is 2.24. The van der Waals surface area contributed by atoms with E-state index in [1.165, 1.54) is 11.4 Å². The summed E-state index contributed by atoms with van der Waals surface area (Å²) in [7, 11) is -2.07. The number of hydrogen-bond acceptors (Lipinski definition) is 3. The highest BCUT2D eigenvalue weighted by atomic mass is 32.2. The minimum Gasteiger partial charge on any atom is -0.396 e. The van der Waals surface area contributed by atoms with E-state index in [0.717, 1.165) is 5.56 Å². The van der Waals surface area contributed by atoms with Gasteiger partial charge in [0.1, 0.15) is 0 Å². The third kappa shape index (κ3) is 4.49. The smallest absolute Gasteiger partial charge is 0.301 e. The number of rotatable bonds is 7. The highest BCUT2D eigenvalue weighted by molar-refractivity contribution is 7.90. The van der Waals surface area contributed by atoms with Gasteiger partial charge in [-0.2, -0.15) is 12.7 Å². The molecule has 0 aliphatic carbocycles. The fourth-order valence-electron chi connectivity index (χ4n) is 1.72. The summed E-state index contributed by atoms with van der Waals surface area (Å²) >= 11 is 0. The third-order valence-corrected chi connectivity index (χ3v) is 4.34. The molecule has 19 heavy (non-hydrogen) atoms. The summed E-state index contributed by atoms with van der Waals surface area (Å²) in [6, 6.07) is 7.36. The first-order chi connectivity index (χ1) is 8.88. The SMILES string of the molecule is CC(C)c1ccccc1NS(=O)(=O)N(C)CCCO. The molecule has 108 valence electrons. The molecule has 1 rings (SSSR count). The van der Waals surface area contributed by atoms with E-state index < -0.39 is 10.2 Å². The second-order valence-corrected chi connectivity index (χ2v) is 6.53. The summed E-state index contributed by atoms with van der Waals surface area (Å²) in [6.45, 7) is 4.29. The number of nitrogens with one attached hydrogen (secondary N) is 1. The van der Waals surface area contributed by atoms with Crippen molar-refractivity contribution in [3.63, 3.8) is 0 Å². The first kappa shape index (κ1) is 15.9. The molecule has 1 aromatic carbocycles. The van der Waals surface area contributed by atoms with E-state index in [1.54, 1.807) is 12.1 Å². The number of nitrogens with zero attached hydrogens (tertiary/aromatic N) is 1. The average Bonchev–Trinajstić information content (AvgIpc) is 2.35. The summed E-state index contributed by atoms with van der Waals surface area (Å²) in [5.41, 5.74) is 1.56. The van der Waals surface area contributed by atoms with Gasteiger partial charge in [0.2, 0.25) is 0 Å². The van der Waals surface area contributed by atoms with Crippen LogP contribution in [0.25, 0.3) is 0 Å². The normalized spacial score (nSPS) is 12.1. The van der Waals surface area contributed by atoms with Crippen LogP contribution in [0.4, 0.5) is 5.69 Å². The van der Waals surface area contributed by atoms with Crippen molar-refractivity contribution in [1.29, 1.82) is 0 Å². The van der Waals surface area contributed by atoms with Gasteiger partial charge >= 0.3 is 10.2 Å². The van der Waals surface area contributed by atoms with Crippen LogP contribution in [0.15, 0.2) is 24.3 Å². The van der Waals surface area contributed by atoms with E-state index in [4.69, 9.17) is 5.11 Å². The number of para-hydroxylation sites is 1. The Kier molecular flexibility index (Phi) is 5.78. The van der Waals surface area contributed by atoms with Gasteiger partial charge in [-0.05, 0) is 24.0 Å². The zero-order chi connectivity index (χ0) is 14.5. The lowest BCUT2D eigenvalue weighted by Crippen LogP contribution is -2.34. The first-order valence-electron chi connectivity index (χ1n) is 6.32. The number of hydrogen-bond donors (Lipinski definition) is 2. The van der Waals surface area contributed by atoms with Crippen molar-refractivity contribution in [2.75, 3.05) is 24.9 Å². The zero-order valence-corrected chi connectivity index (χ0v) is 12.4. The summed E-state index contributed by atoms with van der Waals surface area (Å²) in [5, 5.41) is 8.75. The van der Waals surface area contributed by atoms with Crippen molar-refractivity contribution >= 4 is 15.9 Å². The van der Waals surface area contributed by atoms with Crippen molar-refractivity contribution in [3.05, 3.63) is 29.8 Å². The Morgan fingerprint density at radius 2 is 1.95 bits per heavy atom. The van der Waals surface area contributed by atoms with Crippen LogP contribution in [0.2, 0.25) is 0 Å². The second-order valence-electron chi connectivity index (χ2n) is 4.75. The van der Waals surface area contributed by atoms with Gasteiger partial charge in [0, 0.05) is 20.2 Å². The fourth-order valence-corrected chi connectivity index (χ4v) is 2.71. The molecule has 0 saturated carbocycles. The molecule has 0 aromatic heterocycles. The second kappa shape index (κ2) is 6.88. The Bertz CT molecular complexity index is 500. The van der Waals surface area contributed by atoms with E-state index in [1.807, 2.05) is 26.0 Å². The lowest BCUT2D eigenvalue weighted by atomic mass is 10.0. The predicted octanol–water partition coefficient (Wildman–Crippen LogP) is 1.78. The minimum atomic E-state index is -3.57. The van der Waals surface area contributed by atoms with Gasteiger partial charge in [0.25, 0.3) is 0 Å². The molecular weight excluding hydrogens is 264 g/mol. The number of aliphatic hydroxyl groups is 1. The molecule has 6 heteroatoms. The Balaban J connectivity index is 2.89. The van der Waals surface area contributed by atoms with Crippen LogP contribution in [0.3, 0.4) is 0 Å². The van der Waals surface area contributed by atoms with Crippen LogP contribution in [0.1, 0.15) is 31.7 Å². The monoisotopic (exact) mass is 286 g/mol. The Morgan fingerprint density at radius 1 is 1.32 bits per heavy atom. The molecule has 0 unspecified atom stereocenters.